The largest absolute Gasteiger partial charge is 0.451 e. The molecular formula is C20H24N2O5. The first kappa shape index (κ1) is 20.4. The second kappa shape index (κ2) is 8.62. The molecule has 0 aromatic heterocycles. The molecule has 0 saturated heterocycles. The number of rotatable bonds is 8. The summed E-state index contributed by atoms with van der Waals surface area (Å²) in [6, 6.07) is 5.34. The first-order chi connectivity index (χ1) is 12.8. The molecule has 7 nitrogen and oxygen atoms in total. The van der Waals surface area contributed by atoms with E-state index in [9.17, 15) is 19.2 Å². The number of nitrogens with one attached hydrogen (secondary N) is 1. The molecule has 27 heavy (non-hydrogen) atoms. The van der Waals surface area contributed by atoms with Gasteiger partial charge in [-0.3, -0.25) is 19.3 Å². The van der Waals surface area contributed by atoms with Crippen LogP contribution in [0.1, 0.15) is 47.9 Å². The highest BCUT2D eigenvalue weighted by Crippen LogP contribution is 2.27. The molecule has 1 aliphatic heterocycles. The van der Waals surface area contributed by atoms with Crippen molar-refractivity contribution in [3.63, 3.8) is 0 Å². The van der Waals surface area contributed by atoms with E-state index in [1.54, 1.807) is 24.3 Å². The maximum atomic E-state index is 12.7. The van der Waals surface area contributed by atoms with Crippen LogP contribution in [0.2, 0.25) is 0 Å². The van der Waals surface area contributed by atoms with Crippen LogP contribution >= 0.6 is 0 Å². The van der Waals surface area contributed by atoms with Crippen molar-refractivity contribution in [3.05, 3.63) is 48.0 Å². The number of hydrogen-bond acceptors (Lipinski definition) is 5. The Labute approximate surface area is 158 Å². The van der Waals surface area contributed by atoms with Crippen molar-refractivity contribution >= 4 is 23.7 Å². The molecule has 1 aliphatic rings. The van der Waals surface area contributed by atoms with Gasteiger partial charge < -0.3 is 10.1 Å². The van der Waals surface area contributed by atoms with Gasteiger partial charge in [0.2, 0.25) is 0 Å². The summed E-state index contributed by atoms with van der Waals surface area (Å²) in [4.78, 5) is 51.0. The highest BCUT2D eigenvalue weighted by atomic mass is 16.5. The zero-order valence-corrected chi connectivity index (χ0v) is 15.7. The SMILES string of the molecule is C=CCNC(=O)[C@@H](C)OC(=O)[C@H](CC(C)C)N1C(=O)c2ccccc2C1=O. The Morgan fingerprint density at radius 3 is 2.19 bits per heavy atom. The minimum Gasteiger partial charge on any atom is -0.451 e. The van der Waals surface area contributed by atoms with Gasteiger partial charge >= 0.3 is 5.97 Å². The number of benzene rings is 1. The monoisotopic (exact) mass is 372 g/mol. The third-order valence-corrected chi connectivity index (χ3v) is 4.19. The Morgan fingerprint density at radius 2 is 1.70 bits per heavy atom. The van der Waals surface area contributed by atoms with Gasteiger partial charge in [0.15, 0.2) is 6.10 Å². The van der Waals surface area contributed by atoms with Gasteiger partial charge in [-0.1, -0.05) is 32.1 Å². The van der Waals surface area contributed by atoms with Crippen LogP contribution in [0.5, 0.6) is 0 Å². The minimum absolute atomic E-state index is 0.0248. The number of hydrogen-bond donors (Lipinski definition) is 1. The summed E-state index contributed by atoms with van der Waals surface area (Å²) < 4.78 is 5.25. The average Bonchev–Trinajstić information content (AvgIpc) is 2.88. The molecule has 0 aliphatic carbocycles. The summed E-state index contributed by atoms with van der Waals surface area (Å²) in [7, 11) is 0. The Balaban J connectivity index is 2.22. The zero-order valence-electron chi connectivity index (χ0n) is 15.7. The smallest absolute Gasteiger partial charge is 0.330 e. The normalized spacial score (nSPS) is 15.3. The molecule has 0 radical (unpaired) electrons. The Kier molecular flexibility index (Phi) is 6.50. The number of nitrogens with zero attached hydrogens (tertiary/aromatic N) is 1. The number of fused-ring (bicyclic) bond motifs is 1. The zero-order chi connectivity index (χ0) is 20.1. The number of imide groups is 1. The molecule has 0 saturated carbocycles. The summed E-state index contributed by atoms with van der Waals surface area (Å²) in [5, 5.41) is 2.54. The topological polar surface area (TPSA) is 92.8 Å². The van der Waals surface area contributed by atoms with Crippen molar-refractivity contribution < 1.29 is 23.9 Å². The van der Waals surface area contributed by atoms with Gasteiger partial charge in [-0.25, -0.2) is 4.79 Å². The van der Waals surface area contributed by atoms with E-state index in [-0.39, 0.29) is 30.0 Å². The molecule has 1 heterocycles. The van der Waals surface area contributed by atoms with E-state index < -0.39 is 35.8 Å². The van der Waals surface area contributed by atoms with Gasteiger partial charge in [0.1, 0.15) is 6.04 Å². The van der Waals surface area contributed by atoms with Gasteiger partial charge in [-0.05, 0) is 31.4 Å². The molecule has 1 N–H and O–H groups in total. The lowest BCUT2D eigenvalue weighted by Gasteiger charge is -2.27. The third-order valence-electron chi connectivity index (χ3n) is 4.19. The van der Waals surface area contributed by atoms with Crippen LogP contribution in [0.3, 0.4) is 0 Å². The van der Waals surface area contributed by atoms with Crippen LogP contribution in [0.25, 0.3) is 0 Å². The molecule has 0 spiro atoms. The lowest BCUT2D eigenvalue weighted by molar-refractivity contribution is -0.158. The molecule has 2 rings (SSSR count). The molecule has 0 fully saturated rings. The van der Waals surface area contributed by atoms with Crippen LogP contribution in [-0.2, 0) is 14.3 Å². The number of ether oxygens (including phenoxy) is 1. The van der Waals surface area contributed by atoms with E-state index in [2.05, 4.69) is 11.9 Å². The molecule has 144 valence electrons. The van der Waals surface area contributed by atoms with E-state index in [4.69, 9.17) is 4.74 Å². The molecule has 3 amide bonds. The lowest BCUT2D eigenvalue weighted by Crippen LogP contribution is -2.48. The maximum Gasteiger partial charge on any atom is 0.330 e. The summed E-state index contributed by atoms with van der Waals surface area (Å²) in [6.07, 6.45) is 0.695. The fraction of sp³-hybridized carbons (Fsp3) is 0.400. The van der Waals surface area contributed by atoms with Crippen molar-refractivity contribution in [2.24, 2.45) is 5.92 Å². The van der Waals surface area contributed by atoms with Crippen LogP contribution < -0.4 is 5.32 Å². The lowest BCUT2D eigenvalue weighted by atomic mass is 10.0. The number of esters is 1. The van der Waals surface area contributed by atoms with Crippen LogP contribution in [0, 0.1) is 5.92 Å². The molecular weight excluding hydrogens is 348 g/mol. The van der Waals surface area contributed by atoms with Crippen LogP contribution in [0.15, 0.2) is 36.9 Å². The average molecular weight is 372 g/mol. The fourth-order valence-corrected chi connectivity index (χ4v) is 2.87. The maximum absolute atomic E-state index is 12.7. The van der Waals surface area contributed by atoms with Crippen molar-refractivity contribution in [2.45, 2.75) is 39.3 Å². The minimum atomic E-state index is -1.09. The van der Waals surface area contributed by atoms with Gasteiger partial charge in [-0.2, -0.15) is 0 Å². The first-order valence-corrected chi connectivity index (χ1v) is 8.84. The summed E-state index contributed by atoms with van der Waals surface area (Å²) in [5.41, 5.74) is 0.529. The number of carbonyl (C=O) groups is 4. The standard InChI is InChI=1S/C20H24N2O5/c1-5-10-21-17(23)13(4)27-20(26)16(11-12(2)3)22-18(24)14-8-6-7-9-15(14)19(22)25/h5-9,12-13,16H,1,10-11H2,2-4H3,(H,21,23)/t13-,16+/m1/s1. The second-order valence-electron chi connectivity index (χ2n) is 6.78. The molecule has 0 unspecified atom stereocenters. The summed E-state index contributed by atoms with van der Waals surface area (Å²) in [5.74, 6) is -2.28. The van der Waals surface area contributed by atoms with Crippen molar-refractivity contribution in [1.29, 1.82) is 0 Å². The number of carbonyl (C=O) groups excluding carboxylic acids is 4. The number of amides is 3. The highest BCUT2D eigenvalue weighted by molar-refractivity contribution is 6.22. The van der Waals surface area contributed by atoms with Crippen LogP contribution in [0.4, 0.5) is 0 Å². The Bertz CT molecular complexity index is 736. The van der Waals surface area contributed by atoms with Gasteiger partial charge in [-0.15, -0.1) is 6.58 Å². The first-order valence-electron chi connectivity index (χ1n) is 8.84. The highest BCUT2D eigenvalue weighted by Gasteiger charge is 2.44. The second-order valence-corrected chi connectivity index (χ2v) is 6.78. The molecule has 1 aromatic carbocycles. The fourth-order valence-electron chi connectivity index (χ4n) is 2.87. The van der Waals surface area contributed by atoms with Crippen molar-refractivity contribution in [2.75, 3.05) is 6.54 Å². The molecule has 1 aromatic rings. The Hall–Kier alpha value is -2.96. The van der Waals surface area contributed by atoms with Gasteiger partial charge in [0, 0.05) is 6.54 Å². The predicted molar refractivity (Wildman–Crippen MR) is 98.9 cm³/mol. The Morgan fingerprint density at radius 1 is 1.15 bits per heavy atom. The predicted octanol–water partition coefficient (Wildman–Crippen LogP) is 1.93. The van der Waals surface area contributed by atoms with E-state index >= 15 is 0 Å². The van der Waals surface area contributed by atoms with Crippen molar-refractivity contribution in [3.8, 4) is 0 Å². The molecule has 2 atom stereocenters. The third kappa shape index (κ3) is 4.42. The van der Waals surface area contributed by atoms with Crippen LogP contribution in [-0.4, -0.2) is 47.3 Å². The van der Waals surface area contributed by atoms with Gasteiger partial charge in [0.05, 0.1) is 11.1 Å². The summed E-state index contributed by atoms with van der Waals surface area (Å²) >= 11 is 0. The molecule has 0 bridgehead atoms. The van der Waals surface area contributed by atoms with E-state index in [1.165, 1.54) is 13.0 Å². The van der Waals surface area contributed by atoms with E-state index in [1.807, 2.05) is 13.8 Å². The quantitative estimate of drug-likeness (QED) is 0.428. The van der Waals surface area contributed by atoms with E-state index in [0.29, 0.717) is 0 Å². The molecule has 7 heteroatoms. The van der Waals surface area contributed by atoms with E-state index in [0.717, 1.165) is 4.90 Å². The van der Waals surface area contributed by atoms with Gasteiger partial charge in [0.25, 0.3) is 17.7 Å². The summed E-state index contributed by atoms with van der Waals surface area (Å²) in [6.45, 7) is 8.93. The van der Waals surface area contributed by atoms with Crippen molar-refractivity contribution in [1.82, 2.24) is 10.2 Å².